The molecule has 0 unspecified atom stereocenters. The third-order valence-corrected chi connectivity index (χ3v) is 3.65. The van der Waals surface area contributed by atoms with Crippen LogP contribution in [0.1, 0.15) is 16.7 Å². The maximum atomic E-state index is 12.9. The van der Waals surface area contributed by atoms with Crippen LogP contribution >= 0.6 is 0 Å². The van der Waals surface area contributed by atoms with Crippen molar-refractivity contribution in [3.8, 4) is 5.75 Å². The fourth-order valence-electron chi connectivity index (χ4n) is 2.08. The third-order valence-electron chi connectivity index (χ3n) is 3.65. The number of carbonyl (C=O) groups is 1. The SMILES string of the molecule is Cc1ccc(C)c(OC(=O)C(C(F)(F)F)(C(F)(F)F)C(F)(F)F)c1C. The molecule has 0 heterocycles. The summed E-state index contributed by atoms with van der Waals surface area (Å²) in [6.45, 7) is 3.73. The number of hydrogen-bond donors (Lipinski definition) is 0. The fraction of sp³-hybridized carbons (Fsp3) is 0.500. The summed E-state index contributed by atoms with van der Waals surface area (Å²) in [6.07, 6.45) is -21.0. The highest BCUT2D eigenvalue weighted by molar-refractivity contribution is 5.83. The molecule has 142 valence electrons. The summed E-state index contributed by atoms with van der Waals surface area (Å²) in [7, 11) is 0. The quantitative estimate of drug-likeness (QED) is 0.400. The fourth-order valence-corrected chi connectivity index (χ4v) is 2.08. The zero-order chi connectivity index (χ0) is 20.0. The molecule has 11 heteroatoms. The van der Waals surface area contributed by atoms with Crippen LogP contribution in [0.5, 0.6) is 5.75 Å². The monoisotopic (exact) mass is 382 g/mol. The second-order valence-electron chi connectivity index (χ2n) is 5.29. The number of hydrogen-bond acceptors (Lipinski definition) is 2. The number of rotatable bonds is 2. The molecule has 0 aliphatic rings. The lowest BCUT2D eigenvalue weighted by Gasteiger charge is -2.36. The largest absolute Gasteiger partial charge is 0.425 e. The number of benzene rings is 1. The molecule has 1 aromatic rings. The Morgan fingerprint density at radius 3 is 1.48 bits per heavy atom. The molecule has 0 fully saturated rings. The molecule has 0 N–H and O–H groups in total. The van der Waals surface area contributed by atoms with Gasteiger partial charge in [0.15, 0.2) is 0 Å². The van der Waals surface area contributed by atoms with Crippen LogP contribution in [-0.2, 0) is 4.79 Å². The molecule has 0 radical (unpaired) electrons. The van der Waals surface area contributed by atoms with Gasteiger partial charge in [-0.05, 0) is 37.5 Å². The Balaban J connectivity index is 3.65. The van der Waals surface area contributed by atoms with E-state index < -0.39 is 35.7 Å². The smallest absolute Gasteiger partial charge is 0.423 e. The van der Waals surface area contributed by atoms with Gasteiger partial charge in [0.2, 0.25) is 0 Å². The highest BCUT2D eigenvalue weighted by Gasteiger charge is 2.89. The van der Waals surface area contributed by atoms with Crippen LogP contribution in [0.4, 0.5) is 39.5 Å². The van der Waals surface area contributed by atoms with Gasteiger partial charge in [-0.3, -0.25) is 0 Å². The summed E-state index contributed by atoms with van der Waals surface area (Å²) in [5.74, 6) is -4.29. The minimum Gasteiger partial charge on any atom is -0.425 e. The van der Waals surface area contributed by atoms with Crippen molar-refractivity contribution in [3.05, 3.63) is 28.8 Å². The zero-order valence-corrected chi connectivity index (χ0v) is 12.9. The number of alkyl halides is 9. The molecule has 0 saturated heterocycles. The van der Waals surface area contributed by atoms with Gasteiger partial charge in [-0.25, -0.2) is 4.79 Å². The molecule has 0 atom stereocenters. The van der Waals surface area contributed by atoms with Crippen molar-refractivity contribution < 1.29 is 49.0 Å². The Morgan fingerprint density at radius 2 is 1.12 bits per heavy atom. The first-order valence-corrected chi connectivity index (χ1v) is 6.47. The molecular formula is C14H11F9O2. The highest BCUT2D eigenvalue weighted by Crippen LogP contribution is 2.60. The van der Waals surface area contributed by atoms with Gasteiger partial charge in [-0.1, -0.05) is 12.1 Å². The second kappa shape index (κ2) is 6.10. The first-order chi connectivity index (χ1) is 11.0. The van der Waals surface area contributed by atoms with Gasteiger partial charge in [0.05, 0.1) is 0 Å². The van der Waals surface area contributed by atoms with Crippen molar-refractivity contribution in [3.63, 3.8) is 0 Å². The maximum Gasteiger partial charge on any atom is 0.423 e. The summed E-state index contributed by atoms with van der Waals surface area (Å²) >= 11 is 0. The van der Waals surface area contributed by atoms with Gasteiger partial charge < -0.3 is 4.74 Å². The van der Waals surface area contributed by atoms with Crippen LogP contribution in [0.25, 0.3) is 0 Å². The molecule has 0 spiro atoms. The van der Waals surface area contributed by atoms with Crippen molar-refractivity contribution in [2.24, 2.45) is 5.41 Å². The van der Waals surface area contributed by atoms with Gasteiger partial charge in [-0.2, -0.15) is 39.5 Å². The van der Waals surface area contributed by atoms with E-state index in [1.54, 1.807) is 0 Å². The van der Waals surface area contributed by atoms with Gasteiger partial charge in [-0.15, -0.1) is 0 Å². The summed E-state index contributed by atoms with van der Waals surface area (Å²) < 4.78 is 120. The van der Waals surface area contributed by atoms with Gasteiger partial charge in [0.1, 0.15) is 5.75 Å². The number of esters is 1. The topological polar surface area (TPSA) is 26.3 Å². The van der Waals surface area contributed by atoms with Crippen molar-refractivity contribution in [1.29, 1.82) is 0 Å². The van der Waals surface area contributed by atoms with Crippen LogP contribution < -0.4 is 4.74 Å². The Bertz CT molecular complexity index is 633. The molecule has 1 aromatic carbocycles. The van der Waals surface area contributed by atoms with E-state index in [4.69, 9.17) is 0 Å². The maximum absolute atomic E-state index is 12.9. The van der Waals surface area contributed by atoms with Gasteiger partial charge >= 0.3 is 29.9 Å². The molecule has 0 bridgehead atoms. The van der Waals surface area contributed by atoms with Crippen LogP contribution in [0.2, 0.25) is 0 Å². The lowest BCUT2D eigenvalue weighted by Crippen LogP contribution is -2.65. The van der Waals surface area contributed by atoms with E-state index in [1.165, 1.54) is 26.0 Å². The lowest BCUT2D eigenvalue weighted by atomic mass is 9.85. The average molecular weight is 382 g/mol. The van der Waals surface area contributed by atoms with Crippen LogP contribution in [0.15, 0.2) is 12.1 Å². The van der Waals surface area contributed by atoms with Crippen molar-refractivity contribution in [2.75, 3.05) is 0 Å². The predicted octanol–water partition coefficient (Wildman–Crippen LogP) is 5.19. The van der Waals surface area contributed by atoms with Gasteiger partial charge in [0.25, 0.3) is 0 Å². The van der Waals surface area contributed by atoms with E-state index in [9.17, 15) is 44.3 Å². The molecule has 2 nitrogen and oxygen atoms in total. The minimum atomic E-state index is -7.01. The number of halogens is 9. The van der Waals surface area contributed by atoms with Crippen molar-refractivity contribution >= 4 is 5.97 Å². The molecule has 0 aliphatic heterocycles. The normalized spacial score (nSPS) is 13.8. The summed E-state index contributed by atoms with van der Waals surface area (Å²) in [6, 6.07) is 2.59. The van der Waals surface area contributed by atoms with Crippen LogP contribution in [0, 0.1) is 26.2 Å². The highest BCUT2D eigenvalue weighted by atomic mass is 19.4. The number of aryl methyl sites for hydroxylation is 2. The molecule has 0 amide bonds. The summed E-state index contributed by atoms with van der Waals surface area (Å²) in [4.78, 5) is 11.6. The molecular weight excluding hydrogens is 371 g/mol. The molecule has 1 rings (SSSR count). The Labute approximate surface area is 135 Å². The molecule has 0 saturated carbocycles. The van der Waals surface area contributed by atoms with Gasteiger partial charge in [0, 0.05) is 0 Å². The van der Waals surface area contributed by atoms with E-state index in [1.807, 2.05) is 0 Å². The van der Waals surface area contributed by atoms with Crippen LogP contribution in [0.3, 0.4) is 0 Å². The zero-order valence-electron chi connectivity index (χ0n) is 12.9. The van der Waals surface area contributed by atoms with Crippen molar-refractivity contribution in [2.45, 2.75) is 39.3 Å². The standard InChI is InChI=1S/C14H11F9O2/c1-6-4-5-7(2)9(8(6)3)25-10(24)11(12(15,16)17,13(18,19)20)14(21,22)23/h4-5H,1-3H3. The van der Waals surface area contributed by atoms with E-state index in [2.05, 4.69) is 4.74 Å². The molecule has 0 aromatic heterocycles. The van der Waals surface area contributed by atoms with E-state index in [0.717, 1.165) is 6.92 Å². The predicted molar refractivity (Wildman–Crippen MR) is 66.9 cm³/mol. The van der Waals surface area contributed by atoms with E-state index >= 15 is 0 Å². The first-order valence-electron chi connectivity index (χ1n) is 6.47. The van der Waals surface area contributed by atoms with Crippen molar-refractivity contribution in [1.82, 2.24) is 0 Å². The summed E-state index contributed by atoms with van der Waals surface area (Å²) in [5.41, 5.74) is -6.52. The lowest BCUT2D eigenvalue weighted by molar-refractivity contribution is -0.410. The average Bonchev–Trinajstić information content (AvgIpc) is 2.34. The minimum absolute atomic E-state index is 0.0613. The van der Waals surface area contributed by atoms with E-state index in [-0.39, 0.29) is 11.1 Å². The number of ether oxygens (including phenoxy) is 1. The summed E-state index contributed by atoms with van der Waals surface area (Å²) in [5, 5.41) is 0. The second-order valence-corrected chi connectivity index (χ2v) is 5.29. The first kappa shape index (κ1) is 21.1. The number of carbonyl (C=O) groups excluding carboxylic acids is 1. The Kier molecular flexibility index (Phi) is 5.15. The Hall–Kier alpha value is -1.94. The Morgan fingerprint density at radius 1 is 0.760 bits per heavy atom. The van der Waals surface area contributed by atoms with Crippen LogP contribution in [-0.4, -0.2) is 24.5 Å². The molecule has 25 heavy (non-hydrogen) atoms. The third kappa shape index (κ3) is 3.28. The van der Waals surface area contributed by atoms with E-state index in [0.29, 0.717) is 5.56 Å². The molecule has 0 aliphatic carbocycles.